The lowest BCUT2D eigenvalue weighted by molar-refractivity contribution is -0.384. The molecule has 0 bridgehead atoms. The summed E-state index contributed by atoms with van der Waals surface area (Å²) < 4.78 is 10.9. The Bertz CT molecular complexity index is 1090. The van der Waals surface area contributed by atoms with E-state index in [9.17, 15) is 19.7 Å². The zero-order valence-electron chi connectivity index (χ0n) is 17.4. The average Bonchev–Trinajstić information content (AvgIpc) is 2.77. The van der Waals surface area contributed by atoms with Crippen LogP contribution in [0.2, 0.25) is 0 Å². The first-order chi connectivity index (χ1) is 15.4. The number of anilines is 1. The van der Waals surface area contributed by atoms with Gasteiger partial charge in [-0.3, -0.25) is 19.7 Å². The fourth-order valence-electron chi connectivity index (χ4n) is 2.82. The van der Waals surface area contributed by atoms with Gasteiger partial charge in [0.2, 0.25) is 5.91 Å². The van der Waals surface area contributed by atoms with Gasteiger partial charge in [-0.25, -0.2) is 0 Å². The largest absolute Gasteiger partial charge is 0.461 e. The third-order valence-corrected chi connectivity index (χ3v) is 4.46. The second-order valence-electron chi connectivity index (χ2n) is 7.08. The number of esters is 1. The van der Waals surface area contributed by atoms with Crippen molar-refractivity contribution in [2.75, 3.05) is 5.32 Å². The number of benzene rings is 3. The highest BCUT2D eigenvalue weighted by atomic mass is 16.6. The van der Waals surface area contributed by atoms with Crippen LogP contribution in [0.3, 0.4) is 0 Å². The van der Waals surface area contributed by atoms with Crippen molar-refractivity contribution in [1.82, 2.24) is 0 Å². The molecule has 32 heavy (non-hydrogen) atoms. The molecule has 0 aliphatic heterocycles. The van der Waals surface area contributed by atoms with Crippen LogP contribution in [0.15, 0.2) is 72.8 Å². The highest BCUT2D eigenvalue weighted by molar-refractivity contribution is 5.92. The molecule has 164 valence electrons. The molecule has 0 aromatic heterocycles. The minimum absolute atomic E-state index is 0.0119. The standard InChI is InChI=1S/C24H22N2O6/c1-17-3-2-4-19(15-17)25-23(27)13-14-24(28)31-16-18-5-9-21(10-6-18)32-22-11-7-20(8-12-22)26(29)30/h2-12,15H,13-14,16H2,1H3,(H,25,27). The van der Waals surface area contributed by atoms with Crippen molar-refractivity contribution in [2.24, 2.45) is 0 Å². The van der Waals surface area contributed by atoms with Gasteiger partial charge >= 0.3 is 5.97 Å². The molecular weight excluding hydrogens is 412 g/mol. The van der Waals surface area contributed by atoms with E-state index in [-0.39, 0.29) is 31.0 Å². The van der Waals surface area contributed by atoms with Crippen LogP contribution in [0.1, 0.15) is 24.0 Å². The molecule has 1 N–H and O–H groups in total. The molecule has 3 aromatic rings. The van der Waals surface area contributed by atoms with Crippen LogP contribution in [0, 0.1) is 17.0 Å². The van der Waals surface area contributed by atoms with Crippen molar-refractivity contribution in [2.45, 2.75) is 26.4 Å². The summed E-state index contributed by atoms with van der Waals surface area (Å²) in [4.78, 5) is 34.1. The van der Waals surface area contributed by atoms with Crippen molar-refractivity contribution in [1.29, 1.82) is 0 Å². The van der Waals surface area contributed by atoms with E-state index in [0.717, 1.165) is 11.1 Å². The number of carbonyl (C=O) groups excluding carboxylic acids is 2. The molecule has 0 aliphatic rings. The first kappa shape index (κ1) is 22.5. The molecule has 0 heterocycles. The minimum atomic E-state index is -0.476. The summed E-state index contributed by atoms with van der Waals surface area (Å²) in [6.07, 6.45) is 0.0216. The molecule has 1 amide bonds. The summed E-state index contributed by atoms with van der Waals surface area (Å²) >= 11 is 0. The predicted molar refractivity (Wildman–Crippen MR) is 118 cm³/mol. The zero-order valence-corrected chi connectivity index (χ0v) is 17.4. The lowest BCUT2D eigenvalue weighted by atomic mass is 10.2. The van der Waals surface area contributed by atoms with E-state index in [1.807, 2.05) is 25.1 Å². The van der Waals surface area contributed by atoms with Crippen molar-refractivity contribution >= 4 is 23.3 Å². The number of nitrogens with zero attached hydrogens (tertiary/aromatic N) is 1. The molecule has 0 spiro atoms. The van der Waals surface area contributed by atoms with E-state index in [2.05, 4.69) is 5.32 Å². The van der Waals surface area contributed by atoms with Crippen molar-refractivity contribution < 1.29 is 24.0 Å². The summed E-state index contributed by atoms with van der Waals surface area (Å²) in [5, 5.41) is 13.4. The van der Waals surface area contributed by atoms with Gasteiger partial charge in [0.25, 0.3) is 5.69 Å². The fraction of sp³-hybridized carbons (Fsp3) is 0.167. The molecule has 3 rings (SSSR count). The van der Waals surface area contributed by atoms with Crippen molar-refractivity contribution in [3.63, 3.8) is 0 Å². The van der Waals surface area contributed by atoms with Crippen LogP contribution >= 0.6 is 0 Å². The molecule has 0 saturated heterocycles. The number of nitrogens with one attached hydrogen (secondary N) is 1. The number of amides is 1. The average molecular weight is 434 g/mol. The normalized spacial score (nSPS) is 10.3. The van der Waals surface area contributed by atoms with Gasteiger partial charge in [-0.15, -0.1) is 0 Å². The Morgan fingerprint density at radius 3 is 2.22 bits per heavy atom. The third kappa shape index (κ3) is 6.94. The molecule has 0 aliphatic carbocycles. The number of aryl methyl sites for hydroxylation is 1. The Labute approximate surface area is 184 Å². The third-order valence-electron chi connectivity index (χ3n) is 4.46. The Morgan fingerprint density at radius 2 is 1.59 bits per heavy atom. The van der Waals surface area contributed by atoms with Crippen LogP contribution in [0.25, 0.3) is 0 Å². The first-order valence-corrected chi connectivity index (χ1v) is 9.92. The highest BCUT2D eigenvalue weighted by Gasteiger charge is 2.09. The maximum Gasteiger partial charge on any atom is 0.306 e. The number of hydrogen-bond acceptors (Lipinski definition) is 6. The molecule has 0 radical (unpaired) electrons. The van der Waals surface area contributed by atoms with Gasteiger partial charge in [0.15, 0.2) is 0 Å². The molecule has 8 nitrogen and oxygen atoms in total. The van der Waals surface area contributed by atoms with Gasteiger partial charge in [-0.05, 0) is 54.4 Å². The second-order valence-corrected chi connectivity index (χ2v) is 7.08. The van der Waals surface area contributed by atoms with E-state index < -0.39 is 10.9 Å². The predicted octanol–water partition coefficient (Wildman–Crippen LogP) is 5.16. The fourth-order valence-corrected chi connectivity index (χ4v) is 2.82. The summed E-state index contributed by atoms with van der Waals surface area (Å²) in [7, 11) is 0. The Kier molecular flexibility index (Phi) is 7.53. The molecule has 3 aromatic carbocycles. The smallest absolute Gasteiger partial charge is 0.306 e. The van der Waals surface area contributed by atoms with Gasteiger partial charge in [0.05, 0.1) is 11.3 Å². The lowest BCUT2D eigenvalue weighted by Crippen LogP contribution is -2.14. The first-order valence-electron chi connectivity index (χ1n) is 9.92. The monoisotopic (exact) mass is 434 g/mol. The number of nitro groups is 1. The summed E-state index contributed by atoms with van der Waals surface area (Å²) in [5.41, 5.74) is 2.48. The van der Waals surface area contributed by atoms with Gasteiger partial charge in [0, 0.05) is 24.2 Å². The second kappa shape index (κ2) is 10.7. The molecule has 0 unspecified atom stereocenters. The number of rotatable bonds is 9. The van der Waals surface area contributed by atoms with Gasteiger partial charge < -0.3 is 14.8 Å². The molecule has 0 atom stereocenters. The maximum absolute atomic E-state index is 12.0. The number of ether oxygens (including phenoxy) is 2. The van der Waals surface area contributed by atoms with E-state index in [1.54, 1.807) is 30.3 Å². The van der Waals surface area contributed by atoms with E-state index in [0.29, 0.717) is 17.2 Å². The highest BCUT2D eigenvalue weighted by Crippen LogP contribution is 2.24. The zero-order chi connectivity index (χ0) is 22.9. The SMILES string of the molecule is Cc1cccc(NC(=O)CCC(=O)OCc2ccc(Oc3ccc([N+](=O)[O-])cc3)cc2)c1. The van der Waals surface area contributed by atoms with Gasteiger partial charge in [-0.1, -0.05) is 24.3 Å². The van der Waals surface area contributed by atoms with E-state index >= 15 is 0 Å². The minimum Gasteiger partial charge on any atom is -0.461 e. The van der Waals surface area contributed by atoms with Crippen LogP contribution in [0.4, 0.5) is 11.4 Å². The maximum atomic E-state index is 12.0. The molecule has 8 heteroatoms. The van der Waals surface area contributed by atoms with E-state index in [1.165, 1.54) is 24.3 Å². The topological polar surface area (TPSA) is 108 Å². The number of hydrogen-bond donors (Lipinski definition) is 1. The van der Waals surface area contributed by atoms with Crippen LogP contribution in [-0.4, -0.2) is 16.8 Å². The Morgan fingerprint density at radius 1 is 0.938 bits per heavy atom. The number of non-ortho nitro benzene ring substituents is 1. The van der Waals surface area contributed by atoms with Crippen molar-refractivity contribution in [3.8, 4) is 11.5 Å². The number of carbonyl (C=O) groups is 2. The molecule has 0 saturated carbocycles. The van der Waals surface area contributed by atoms with Crippen LogP contribution < -0.4 is 10.1 Å². The Hall–Kier alpha value is -4.20. The van der Waals surface area contributed by atoms with Crippen LogP contribution in [0.5, 0.6) is 11.5 Å². The van der Waals surface area contributed by atoms with E-state index in [4.69, 9.17) is 9.47 Å². The summed E-state index contributed by atoms with van der Waals surface area (Å²) in [5.74, 6) is 0.302. The van der Waals surface area contributed by atoms with Crippen LogP contribution in [-0.2, 0) is 20.9 Å². The Balaban J connectivity index is 1.41. The molecular formula is C24H22N2O6. The van der Waals surface area contributed by atoms with Gasteiger partial charge in [0.1, 0.15) is 18.1 Å². The summed E-state index contributed by atoms with van der Waals surface area (Å²) in [6.45, 7) is 2.01. The quantitative estimate of drug-likeness (QED) is 0.283. The lowest BCUT2D eigenvalue weighted by Gasteiger charge is -2.08. The summed E-state index contributed by atoms with van der Waals surface area (Å²) in [6, 6.07) is 20.1. The number of nitro benzene ring substituents is 1. The molecule has 0 fully saturated rings. The van der Waals surface area contributed by atoms with Gasteiger partial charge in [-0.2, -0.15) is 0 Å². The van der Waals surface area contributed by atoms with Crippen molar-refractivity contribution in [3.05, 3.63) is 94.0 Å².